The number of rotatable bonds is 5. The fourth-order valence-corrected chi connectivity index (χ4v) is 3.21. The highest BCUT2D eigenvalue weighted by molar-refractivity contribution is 9.10. The van der Waals surface area contributed by atoms with Gasteiger partial charge in [0.2, 0.25) is 5.91 Å². The van der Waals surface area contributed by atoms with Gasteiger partial charge in [-0.05, 0) is 30.9 Å². The average molecular weight is 341 g/mol. The van der Waals surface area contributed by atoms with E-state index in [1.165, 1.54) is 0 Å². The van der Waals surface area contributed by atoms with Crippen molar-refractivity contribution < 1.29 is 9.53 Å². The normalized spacial score (nSPS) is 21.9. The number of anilines is 1. The van der Waals surface area contributed by atoms with Crippen LogP contribution in [0, 0.1) is 5.92 Å². The Morgan fingerprint density at radius 2 is 2.30 bits per heavy atom. The Kier molecular flexibility index (Phi) is 5.57. The van der Waals surface area contributed by atoms with Crippen LogP contribution in [0.2, 0.25) is 0 Å². The standard InChI is InChI=1S/C15H21BrN2O2/c1-20-9-11-12(16)5-3-7-14(11)18-15(19)8-10-4-2-6-13(10)17/h3,5,7,10,13H,2,4,6,8-9,17H2,1H3,(H,18,19)/t10-,13+/m0/s1. The van der Waals surface area contributed by atoms with Crippen LogP contribution in [0.15, 0.2) is 22.7 Å². The second-order valence-corrected chi connectivity index (χ2v) is 6.16. The molecule has 1 aromatic rings. The number of nitrogens with one attached hydrogen (secondary N) is 1. The Bertz CT molecular complexity index is 479. The third-order valence-corrected chi connectivity index (χ3v) is 4.59. The molecule has 0 radical (unpaired) electrons. The zero-order chi connectivity index (χ0) is 14.5. The van der Waals surface area contributed by atoms with E-state index in [4.69, 9.17) is 10.5 Å². The van der Waals surface area contributed by atoms with E-state index in [-0.39, 0.29) is 11.9 Å². The molecule has 0 unspecified atom stereocenters. The number of benzene rings is 1. The lowest BCUT2D eigenvalue weighted by molar-refractivity contribution is -0.117. The number of amides is 1. The molecule has 1 aliphatic rings. The molecule has 2 rings (SSSR count). The highest BCUT2D eigenvalue weighted by Crippen LogP contribution is 2.29. The first kappa shape index (κ1) is 15.5. The van der Waals surface area contributed by atoms with Crippen LogP contribution in [0.25, 0.3) is 0 Å². The molecular weight excluding hydrogens is 320 g/mol. The van der Waals surface area contributed by atoms with Gasteiger partial charge < -0.3 is 15.8 Å². The Labute approximate surface area is 128 Å². The second-order valence-electron chi connectivity index (χ2n) is 5.31. The van der Waals surface area contributed by atoms with Gasteiger partial charge in [0.1, 0.15) is 0 Å². The molecule has 0 bridgehead atoms. The van der Waals surface area contributed by atoms with Gasteiger partial charge in [-0.1, -0.05) is 28.4 Å². The quantitative estimate of drug-likeness (QED) is 0.865. The number of carbonyl (C=O) groups is 1. The molecule has 0 spiro atoms. The Morgan fingerprint density at radius 1 is 1.50 bits per heavy atom. The Hall–Kier alpha value is -0.910. The highest BCUT2D eigenvalue weighted by Gasteiger charge is 2.26. The van der Waals surface area contributed by atoms with Gasteiger partial charge in [-0.2, -0.15) is 0 Å². The molecule has 3 N–H and O–H groups in total. The number of hydrogen-bond donors (Lipinski definition) is 2. The van der Waals surface area contributed by atoms with E-state index in [2.05, 4.69) is 21.2 Å². The minimum absolute atomic E-state index is 0.0304. The first-order valence-corrected chi connectivity index (χ1v) is 7.73. The van der Waals surface area contributed by atoms with E-state index >= 15 is 0 Å². The first-order valence-electron chi connectivity index (χ1n) is 6.93. The monoisotopic (exact) mass is 340 g/mol. The fourth-order valence-electron chi connectivity index (χ4n) is 2.73. The second kappa shape index (κ2) is 7.20. The number of nitrogens with two attached hydrogens (primary N) is 1. The van der Waals surface area contributed by atoms with Crippen LogP contribution in [0.4, 0.5) is 5.69 Å². The zero-order valence-electron chi connectivity index (χ0n) is 11.7. The summed E-state index contributed by atoms with van der Waals surface area (Å²) in [6.45, 7) is 0.458. The highest BCUT2D eigenvalue weighted by atomic mass is 79.9. The maximum Gasteiger partial charge on any atom is 0.224 e. The molecule has 5 heteroatoms. The predicted octanol–water partition coefficient (Wildman–Crippen LogP) is 3.05. The van der Waals surface area contributed by atoms with Gasteiger partial charge in [-0.3, -0.25) is 4.79 Å². The van der Waals surface area contributed by atoms with Gasteiger partial charge in [0.05, 0.1) is 6.61 Å². The molecule has 110 valence electrons. The molecule has 4 nitrogen and oxygen atoms in total. The minimum Gasteiger partial charge on any atom is -0.380 e. The molecule has 1 saturated carbocycles. The van der Waals surface area contributed by atoms with Crippen molar-refractivity contribution >= 4 is 27.5 Å². The lowest BCUT2D eigenvalue weighted by Gasteiger charge is -2.16. The molecule has 1 aliphatic carbocycles. The van der Waals surface area contributed by atoms with Crippen molar-refractivity contribution in [2.24, 2.45) is 11.7 Å². The summed E-state index contributed by atoms with van der Waals surface area (Å²) < 4.78 is 6.12. The molecule has 0 heterocycles. The Morgan fingerprint density at radius 3 is 2.95 bits per heavy atom. The van der Waals surface area contributed by atoms with E-state index < -0.39 is 0 Å². The predicted molar refractivity (Wildman–Crippen MR) is 83.4 cm³/mol. The molecule has 0 aromatic heterocycles. The van der Waals surface area contributed by atoms with E-state index in [0.29, 0.717) is 18.9 Å². The third-order valence-electron chi connectivity index (χ3n) is 3.85. The van der Waals surface area contributed by atoms with Crippen molar-refractivity contribution in [3.05, 3.63) is 28.2 Å². The third kappa shape index (κ3) is 3.81. The molecule has 20 heavy (non-hydrogen) atoms. The molecular formula is C15H21BrN2O2. The minimum atomic E-state index is 0.0304. The summed E-state index contributed by atoms with van der Waals surface area (Å²) in [5.41, 5.74) is 7.78. The van der Waals surface area contributed by atoms with Crippen molar-refractivity contribution in [1.29, 1.82) is 0 Å². The molecule has 0 saturated heterocycles. The molecule has 1 fully saturated rings. The lowest BCUT2D eigenvalue weighted by Crippen LogP contribution is -2.28. The summed E-state index contributed by atoms with van der Waals surface area (Å²) >= 11 is 3.48. The molecule has 0 aliphatic heterocycles. The Balaban J connectivity index is 2.02. The number of halogens is 1. The topological polar surface area (TPSA) is 64.3 Å². The molecule has 1 aromatic carbocycles. The van der Waals surface area contributed by atoms with E-state index in [9.17, 15) is 4.79 Å². The van der Waals surface area contributed by atoms with Crippen LogP contribution in [0.5, 0.6) is 0 Å². The lowest BCUT2D eigenvalue weighted by atomic mass is 10.00. The van der Waals surface area contributed by atoms with Gasteiger partial charge in [0.15, 0.2) is 0 Å². The maximum absolute atomic E-state index is 12.2. The number of hydrogen-bond acceptors (Lipinski definition) is 3. The fraction of sp³-hybridized carbons (Fsp3) is 0.533. The van der Waals surface area contributed by atoms with Crippen molar-refractivity contribution in [3.8, 4) is 0 Å². The summed E-state index contributed by atoms with van der Waals surface area (Å²) in [6, 6.07) is 5.91. The SMILES string of the molecule is COCc1c(Br)cccc1NC(=O)C[C@@H]1CCC[C@H]1N. The maximum atomic E-state index is 12.2. The zero-order valence-corrected chi connectivity index (χ0v) is 13.3. The number of ether oxygens (including phenoxy) is 1. The molecule has 1 amide bonds. The summed E-state index contributed by atoms with van der Waals surface area (Å²) in [5, 5.41) is 2.98. The van der Waals surface area contributed by atoms with Crippen LogP contribution < -0.4 is 11.1 Å². The summed E-state index contributed by atoms with van der Waals surface area (Å²) in [5.74, 6) is 0.343. The first-order chi connectivity index (χ1) is 9.61. The van der Waals surface area contributed by atoms with Crippen molar-refractivity contribution in [3.63, 3.8) is 0 Å². The van der Waals surface area contributed by atoms with Gasteiger partial charge in [-0.25, -0.2) is 0 Å². The summed E-state index contributed by atoms with van der Waals surface area (Å²) in [7, 11) is 1.64. The summed E-state index contributed by atoms with van der Waals surface area (Å²) in [6.07, 6.45) is 3.72. The van der Waals surface area contributed by atoms with Gasteiger partial charge in [0.25, 0.3) is 0 Å². The van der Waals surface area contributed by atoms with E-state index in [0.717, 1.165) is 35.0 Å². The largest absolute Gasteiger partial charge is 0.380 e. The van der Waals surface area contributed by atoms with E-state index in [1.54, 1.807) is 7.11 Å². The summed E-state index contributed by atoms with van der Waals surface area (Å²) in [4.78, 5) is 12.2. The van der Waals surface area contributed by atoms with Crippen molar-refractivity contribution in [2.45, 2.75) is 38.3 Å². The number of carbonyl (C=O) groups excluding carboxylic acids is 1. The number of methoxy groups -OCH3 is 1. The van der Waals surface area contributed by atoms with Gasteiger partial charge in [0, 0.05) is 35.3 Å². The van der Waals surface area contributed by atoms with Crippen molar-refractivity contribution in [2.75, 3.05) is 12.4 Å². The van der Waals surface area contributed by atoms with Gasteiger partial charge >= 0.3 is 0 Å². The van der Waals surface area contributed by atoms with Crippen LogP contribution in [0.3, 0.4) is 0 Å². The van der Waals surface area contributed by atoms with Crippen LogP contribution in [-0.2, 0) is 16.1 Å². The average Bonchev–Trinajstić information content (AvgIpc) is 2.79. The van der Waals surface area contributed by atoms with Crippen molar-refractivity contribution in [1.82, 2.24) is 0 Å². The smallest absolute Gasteiger partial charge is 0.224 e. The van der Waals surface area contributed by atoms with Crippen LogP contribution in [0.1, 0.15) is 31.2 Å². The molecule has 2 atom stereocenters. The van der Waals surface area contributed by atoms with E-state index in [1.807, 2.05) is 18.2 Å². The van der Waals surface area contributed by atoms with Crippen LogP contribution in [-0.4, -0.2) is 19.1 Å². The van der Waals surface area contributed by atoms with Gasteiger partial charge in [-0.15, -0.1) is 0 Å². The van der Waals surface area contributed by atoms with Crippen LogP contribution >= 0.6 is 15.9 Å².